The Kier molecular flexibility index (Phi) is 3.28. The van der Waals surface area contributed by atoms with Crippen LogP contribution < -0.4 is 0 Å². The molecule has 3 aromatic rings. The second-order valence-corrected chi connectivity index (χ2v) is 4.93. The van der Waals surface area contributed by atoms with Crippen LogP contribution in [0.15, 0.2) is 67.2 Å². The van der Waals surface area contributed by atoms with Gasteiger partial charge in [-0.25, -0.2) is 0 Å². The van der Waals surface area contributed by atoms with Gasteiger partial charge in [0.15, 0.2) is 0 Å². The predicted molar refractivity (Wildman–Crippen MR) is 85.6 cm³/mol. The zero-order valence-electron chi connectivity index (χ0n) is 11.4. The second-order valence-electron chi connectivity index (χ2n) is 4.93. The molecule has 0 aromatic heterocycles. The minimum absolute atomic E-state index is 0.251. The highest BCUT2D eigenvalue weighted by atomic mass is 16.3. The molecule has 3 aromatic carbocycles. The summed E-state index contributed by atoms with van der Waals surface area (Å²) in [6.07, 6.45) is 0.827. The number of carbonyl (C=O) groups is 1. The SMILES string of the molecule is C=C(c1ccc(C=O)cc1)c1cccc2cc(O)ccc12. The lowest BCUT2D eigenvalue weighted by molar-refractivity contribution is 0.112. The highest BCUT2D eigenvalue weighted by Gasteiger charge is 2.07. The third-order valence-electron chi connectivity index (χ3n) is 3.58. The van der Waals surface area contributed by atoms with Gasteiger partial charge in [-0.1, -0.05) is 55.1 Å². The van der Waals surface area contributed by atoms with E-state index in [9.17, 15) is 9.90 Å². The summed E-state index contributed by atoms with van der Waals surface area (Å²) in [5, 5.41) is 11.6. The van der Waals surface area contributed by atoms with Crippen molar-refractivity contribution in [3.8, 4) is 5.75 Å². The number of aromatic hydroxyl groups is 1. The molecule has 0 aliphatic carbocycles. The quantitative estimate of drug-likeness (QED) is 0.718. The molecule has 0 fully saturated rings. The number of phenols is 1. The van der Waals surface area contributed by atoms with Crippen molar-refractivity contribution in [3.63, 3.8) is 0 Å². The number of aldehydes is 1. The van der Waals surface area contributed by atoms with Crippen molar-refractivity contribution in [2.45, 2.75) is 0 Å². The van der Waals surface area contributed by atoms with Gasteiger partial charge in [-0.3, -0.25) is 4.79 Å². The Bertz CT molecular complexity index is 830. The van der Waals surface area contributed by atoms with Crippen molar-refractivity contribution >= 4 is 22.6 Å². The largest absolute Gasteiger partial charge is 0.508 e. The van der Waals surface area contributed by atoms with Gasteiger partial charge in [0.1, 0.15) is 12.0 Å². The molecule has 0 unspecified atom stereocenters. The number of fused-ring (bicyclic) bond motifs is 1. The summed E-state index contributed by atoms with van der Waals surface area (Å²) < 4.78 is 0. The first-order chi connectivity index (χ1) is 10.2. The van der Waals surface area contributed by atoms with Gasteiger partial charge in [0, 0.05) is 5.56 Å². The van der Waals surface area contributed by atoms with Crippen LogP contribution in [0.2, 0.25) is 0 Å². The predicted octanol–water partition coefficient (Wildman–Crippen LogP) is 4.42. The fraction of sp³-hybridized carbons (Fsp3) is 0. The fourth-order valence-corrected chi connectivity index (χ4v) is 2.45. The standard InChI is InChI=1S/C19H14O2/c1-13(15-7-5-14(12-20)6-8-15)18-4-2-3-16-11-17(21)9-10-19(16)18/h2-12,21H,1H2. The molecule has 0 bridgehead atoms. The molecule has 2 nitrogen and oxygen atoms in total. The topological polar surface area (TPSA) is 37.3 Å². The lowest BCUT2D eigenvalue weighted by Crippen LogP contribution is -1.89. The molecule has 0 saturated heterocycles. The molecular formula is C19H14O2. The maximum atomic E-state index is 10.7. The van der Waals surface area contributed by atoms with Crippen molar-refractivity contribution in [2.75, 3.05) is 0 Å². The van der Waals surface area contributed by atoms with E-state index in [1.54, 1.807) is 24.3 Å². The van der Waals surface area contributed by atoms with Crippen LogP contribution >= 0.6 is 0 Å². The van der Waals surface area contributed by atoms with Crippen molar-refractivity contribution in [1.82, 2.24) is 0 Å². The molecular weight excluding hydrogens is 260 g/mol. The minimum Gasteiger partial charge on any atom is -0.508 e. The highest BCUT2D eigenvalue weighted by Crippen LogP contribution is 2.30. The Hall–Kier alpha value is -2.87. The summed E-state index contributed by atoms with van der Waals surface area (Å²) >= 11 is 0. The van der Waals surface area contributed by atoms with E-state index in [4.69, 9.17) is 0 Å². The average molecular weight is 274 g/mol. The molecule has 0 aliphatic rings. The van der Waals surface area contributed by atoms with Crippen molar-refractivity contribution in [1.29, 1.82) is 0 Å². The van der Waals surface area contributed by atoms with E-state index in [-0.39, 0.29) is 5.75 Å². The van der Waals surface area contributed by atoms with Crippen molar-refractivity contribution < 1.29 is 9.90 Å². The van der Waals surface area contributed by atoms with Crippen LogP contribution in [-0.4, -0.2) is 11.4 Å². The summed E-state index contributed by atoms with van der Waals surface area (Å²) in [5.74, 6) is 0.251. The smallest absolute Gasteiger partial charge is 0.150 e. The third-order valence-corrected chi connectivity index (χ3v) is 3.58. The van der Waals surface area contributed by atoms with Gasteiger partial charge in [-0.05, 0) is 39.6 Å². The molecule has 2 heteroatoms. The van der Waals surface area contributed by atoms with Crippen LogP contribution in [0.4, 0.5) is 0 Å². The fourth-order valence-electron chi connectivity index (χ4n) is 2.45. The maximum Gasteiger partial charge on any atom is 0.150 e. The number of carbonyl (C=O) groups excluding carboxylic acids is 1. The van der Waals surface area contributed by atoms with Crippen LogP contribution in [0.25, 0.3) is 16.3 Å². The Morgan fingerprint density at radius 3 is 2.48 bits per heavy atom. The number of hydrogen-bond donors (Lipinski definition) is 1. The maximum absolute atomic E-state index is 10.7. The number of phenolic OH excluding ortho intramolecular Hbond substituents is 1. The molecule has 1 N–H and O–H groups in total. The van der Waals surface area contributed by atoms with Crippen LogP contribution in [0.5, 0.6) is 5.75 Å². The van der Waals surface area contributed by atoms with E-state index in [0.29, 0.717) is 5.56 Å². The van der Waals surface area contributed by atoms with Gasteiger partial charge < -0.3 is 5.11 Å². The van der Waals surface area contributed by atoms with Crippen LogP contribution in [0.3, 0.4) is 0 Å². The monoisotopic (exact) mass is 274 g/mol. The first-order valence-electron chi connectivity index (χ1n) is 6.65. The number of hydrogen-bond acceptors (Lipinski definition) is 2. The van der Waals surface area contributed by atoms with E-state index in [1.807, 2.05) is 36.4 Å². The molecule has 0 aliphatic heterocycles. The Labute approximate surface area is 123 Å². The summed E-state index contributed by atoms with van der Waals surface area (Å²) in [6, 6.07) is 18.6. The summed E-state index contributed by atoms with van der Waals surface area (Å²) in [5.41, 5.74) is 3.53. The number of rotatable bonds is 3. The molecule has 0 saturated carbocycles. The Morgan fingerprint density at radius 1 is 1.00 bits per heavy atom. The lowest BCUT2D eigenvalue weighted by atomic mass is 9.94. The van der Waals surface area contributed by atoms with E-state index in [1.165, 1.54) is 0 Å². The van der Waals surface area contributed by atoms with Gasteiger partial charge in [0.05, 0.1) is 0 Å². The molecule has 21 heavy (non-hydrogen) atoms. The molecule has 0 heterocycles. The van der Waals surface area contributed by atoms with Crippen LogP contribution in [0, 0.1) is 0 Å². The van der Waals surface area contributed by atoms with Gasteiger partial charge >= 0.3 is 0 Å². The normalized spacial score (nSPS) is 10.5. The second kappa shape index (κ2) is 5.25. The van der Waals surface area contributed by atoms with Crippen molar-refractivity contribution in [3.05, 3.63) is 83.9 Å². The zero-order valence-corrected chi connectivity index (χ0v) is 11.4. The third kappa shape index (κ3) is 2.43. The summed E-state index contributed by atoms with van der Waals surface area (Å²) in [7, 11) is 0. The molecule has 102 valence electrons. The van der Waals surface area contributed by atoms with E-state index < -0.39 is 0 Å². The first kappa shape index (κ1) is 13.1. The Balaban J connectivity index is 2.10. The van der Waals surface area contributed by atoms with Gasteiger partial charge in [0.25, 0.3) is 0 Å². The molecule has 3 rings (SSSR count). The zero-order chi connectivity index (χ0) is 14.8. The summed E-state index contributed by atoms with van der Waals surface area (Å²) in [4.78, 5) is 10.7. The van der Waals surface area contributed by atoms with E-state index in [2.05, 4.69) is 6.58 Å². The minimum atomic E-state index is 0.251. The van der Waals surface area contributed by atoms with E-state index in [0.717, 1.165) is 33.8 Å². The van der Waals surface area contributed by atoms with Crippen molar-refractivity contribution in [2.24, 2.45) is 0 Å². The van der Waals surface area contributed by atoms with Gasteiger partial charge in [-0.2, -0.15) is 0 Å². The van der Waals surface area contributed by atoms with Gasteiger partial charge in [0.2, 0.25) is 0 Å². The molecule has 0 spiro atoms. The van der Waals surface area contributed by atoms with Crippen LogP contribution in [-0.2, 0) is 0 Å². The van der Waals surface area contributed by atoms with Gasteiger partial charge in [-0.15, -0.1) is 0 Å². The molecule has 0 atom stereocenters. The number of benzene rings is 3. The Morgan fingerprint density at radius 2 is 1.76 bits per heavy atom. The highest BCUT2D eigenvalue weighted by molar-refractivity contribution is 5.97. The first-order valence-corrected chi connectivity index (χ1v) is 6.65. The average Bonchev–Trinajstić information content (AvgIpc) is 2.53. The van der Waals surface area contributed by atoms with Crippen LogP contribution in [0.1, 0.15) is 21.5 Å². The summed E-state index contributed by atoms with van der Waals surface area (Å²) in [6.45, 7) is 4.17. The lowest BCUT2D eigenvalue weighted by Gasteiger charge is -2.10. The molecule has 0 radical (unpaired) electrons. The molecule has 0 amide bonds. The van der Waals surface area contributed by atoms with E-state index >= 15 is 0 Å².